The van der Waals surface area contributed by atoms with Crippen LogP contribution in [-0.2, 0) is 4.74 Å². The Morgan fingerprint density at radius 3 is 2.29 bits per heavy atom. The summed E-state index contributed by atoms with van der Waals surface area (Å²) in [4.78, 5) is 11.3. The van der Waals surface area contributed by atoms with Gasteiger partial charge in [0, 0.05) is 0 Å². The van der Waals surface area contributed by atoms with Crippen molar-refractivity contribution in [2.45, 2.75) is 32.2 Å². The molecule has 4 fully saturated rings. The standard InChI is InChI=1S/C11H17NO2/c1-10(2)6-4-7-8(5-6)11(7,10)12-9(13)14-3/h6-8H,4-5H2,1-3H3,(H,12,13). The van der Waals surface area contributed by atoms with Crippen molar-refractivity contribution in [3.05, 3.63) is 0 Å². The maximum atomic E-state index is 11.3. The van der Waals surface area contributed by atoms with Crippen molar-refractivity contribution in [1.29, 1.82) is 0 Å². The maximum absolute atomic E-state index is 11.3. The summed E-state index contributed by atoms with van der Waals surface area (Å²) in [6.45, 7) is 4.58. The van der Waals surface area contributed by atoms with Crippen molar-refractivity contribution >= 4 is 6.09 Å². The smallest absolute Gasteiger partial charge is 0.407 e. The molecule has 4 aliphatic rings. The van der Waals surface area contributed by atoms with E-state index in [1.807, 2.05) is 0 Å². The molecule has 0 aromatic rings. The van der Waals surface area contributed by atoms with Crippen LogP contribution in [0.2, 0.25) is 0 Å². The normalized spacial score (nSPS) is 50.4. The van der Waals surface area contributed by atoms with E-state index in [9.17, 15) is 4.79 Å². The van der Waals surface area contributed by atoms with Gasteiger partial charge in [-0.05, 0) is 36.0 Å². The van der Waals surface area contributed by atoms with Crippen LogP contribution in [-0.4, -0.2) is 18.7 Å². The van der Waals surface area contributed by atoms with Crippen molar-refractivity contribution in [3.63, 3.8) is 0 Å². The van der Waals surface area contributed by atoms with Crippen LogP contribution in [0.5, 0.6) is 0 Å². The zero-order valence-electron chi connectivity index (χ0n) is 8.96. The minimum Gasteiger partial charge on any atom is -0.453 e. The quantitative estimate of drug-likeness (QED) is 0.692. The van der Waals surface area contributed by atoms with Crippen molar-refractivity contribution in [1.82, 2.24) is 5.32 Å². The highest BCUT2D eigenvalue weighted by Crippen LogP contribution is 2.80. The SMILES string of the molecule is COC(=O)NC12C3CC(CC31)C2(C)C. The van der Waals surface area contributed by atoms with Gasteiger partial charge >= 0.3 is 6.09 Å². The fraction of sp³-hybridized carbons (Fsp3) is 0.909. The van der Waals surface area contributed by atoms with Crippen molar-refractivity contribution < 1.29 is 9.53 Å². The van der Waals surface area contributed by atoms with Gasteiger partial charge in [0.2, 0.25) is 0 Å². The second-order valence-corrected chi connectivity index (χ2v) is 5.59. The summed E-state index contributed by atoms with van der Waals surface area (Å²) < 4.78 is 4.71. The largest absolute Gasteiger partial charge is 0.453 e. The molecule has 1 amide bonds. The van der Waals surface area contributed by atoms with Crippen molar-refractivity contribution in [3.8, 4) is 0 Å². The van der Waals surface area contributed by atoms with Crippen LogP contribution in [0.25, 0.3) is 0 Å². The zero-order chi connectivity index (χ0) is 10.1. The molecule has 0 aromatic carbocycles. The average Bonchev–Trinajstić information content (AvgIpc) is 2.51. The minimum atomic E-state index is -0.256. The Hall–Kier alpha value is -0.730. The molecule has 4 aliphatic carbocycles. The highest BCUT2D eigenvalue weighted by atomic mass is 16.5. The molecule has 0 radical (unpaired) electrons. The first-order chi connectivity index (χ1) is 6.54. The Balaban J connectivity index is 1.89. The number of rotatable bonds is 1. The highest BCUT2D eigenvalue weighted by Gasteiger charge is 2.83. The number of alkyl carbamates (subject to hydrolysis) is 1. The van der Waals surface area contributed by atoms with Crippen LogP contribution < -0.4 is 5.32 Å². The number of hydrogen-bond acceptors (Lipinski definition) is 2. The third kappa shape index (κ3) is 0.635. The fourth-order valence-corrected chi connectivity index (χ4v) is 4.40. The van der Waals surface area contributed by atoms with E-state index in [0.717, 1.165) is 17.8 Å². The van der Waals surface area contributed by atoms with E-state index in [4.69, 9.17) is 4.74 Å². The van der Waals surface area contributed by atoms with Gasteiger partial charge in [-0.3, -0.25) is 0 Å². The molecule has 0 saturated heterocycles. The number of ether oxygens (including phenoxy) is 1. The second kappa shape index (κ2) is 2.10. The number of methoxy groups -OCH3 is 1. The van der Waals surface area contributed by atoms with Crippen LogP contribution in [0.4, 0.5) is 4.79 Å². The van der Waals surface area contributed by atoms with Gasteiger partial charge in [0.1, 0.15) is 0 Å². The minimum absolute atomic E-state index is 0.0881. The average molecular weight is 195 g/mol. The van der Waals surface area contributed by atoms with Crippen molar-refractivity contribution in [2.75, 3.05) is 7.11 Å². The van der Waals surface area contributed by atoms with E-state index in [1.54, 1.807) is 0 Å². The summed E-state index contributed by atoms with van der Waals surface area (Å²) in [5.41, 5.74) is 0.362. The molecule has 0 aliphatic heterocycles. The van der Waals surface area contributed by atoms with Crippen LogP contribution in [0.15, 0.2) is 0 Å². The lowest BCUT2D eigenvalue weighted by Crippen LogP contribution is -2.47. The summed E-state index contributed by atoms with van der Waals surface area (Å²) in [6.07, 6.45) is 2.36. The first-order valence-electron chi connectivity index (χ1n) is 5.40. The van der Waals surface area contributed by atoms with Gasteiger partial charge in [0.05, 0.1) is 12.6 Å². The summed E-state index contributed by atoms with van der Waals surface area (Å²) in [6, 6.07) is 0. The first-order valence-corrected chi connectivity index (χ1v) is 5.40. The molecule has 4 rings (SSSR count). The van der Waals surface area contributed by atoms with Gasteiger partial charge in [0.15, 0.2) is 0 Å². The molecule has 4 bridgehead atoms. The van der Waals surface area contributed by atoms with Gasteiger partial charge in [-0.2, -0.15) is 0 Å². The van der Waals surface area contributed by atoms with Crippen LogP contribution in [0.1, 0.15) is 26.7 Å². The molecular formula is C11H17NO2. The first kappa shape index (κ1) is 8.57. The Morgan fingerprint density at radius 1 is 1.36 bits per heavy atom. The van der Waals surface area contributed by atoms with E-state index in [1.165, 1.54) is 20.0 Å². The Kier molecular flexibility index (Phi) is 1.28. The predicted octanol–water partition coefficient (Wildman–Crippen LogP) is 1.78. The third-order valence-corrected chi connectivity index (χ3v) is 5.20. The summed E-state index contributed by atoms with van der Waals surface area (Å²) >= 11 is 0. The van der Waals surface area contributed by atoms with Gasteiger partial charge in [-0.1, -0.05) is 13.8 Å². The number of hydrogen-bond donors (Lipinski definition) is 1. The number of amides is 1. The highest BCUT2D eigenvalue weighted by molar-refractivity contribution is 5.70. The monoisotopic (exact) mass is 195 g/mol. The summed E-state index contributed by atoms with van der Waals surface area (Å²) in [7, 11) is 1.44. The molecule has 3 nitrogen and oxygen atoms in total. The van der Waals surface area contributed by atoms with Gasteiger partial charge in [-0.25, -0.2) is 4.79 Å². The third-order valence-electron chi connectivity index (χ3n) is 5.20. The van der Waals surface area contributed by atoms with Crippen LogP contribution in [0, 0.1) is 23.2 Å². The Labute approximate surface area is 84.2 Å². The molecule has 1 N–H and O–H groups in total. The lowest BCUT2D eigenvalue weighted by atomic mass is 9.80. The molecule has 3 heteroatoms. The van der Waals surface area contributed by atoms with Crippen LogP contribution >= 0.6 is 0 Å². The zero-order valence-corrected chi connectivity index (χ0v) is 8.96. The molecule has 2 atom stereocenters. The molecular weight excluding hydrogens is 178 g/mol. The maximum Gasteiger partial charge on any atom is 0.407 e. The summed E-state index contributed by atoms with van der Waals surface area (Å²) in [5.74, 6) is 2.29. The lowest BCUT2D eigenvalue weighted by molar-refractivity contribution is 0.145. The van der Waals surface area contributed by atoms with E-state index in [0.29, 0.717) is 0 Å². The topological polar surface area (TPSA) is 38.3 Å². The second-order valence-electron chi connectivity index (χ2n) is 5.59. The van der Waals surface area contributed by atoms with Gasteiger partial charge < -0.3 is 10.1 Å². The molecule has 4 saturated carbocycles. The Bertz CT molecular complexity index is 298. The van der Waals surface area contributed by atoms with Crippen molar-refractivity contribution in [2.24, 2.45) is 23.2 Å². The number of nitrogens with one attached hydrogen (secondary N) is 1. The molecule has 2 unspecified atom stereocenters. The number of carbonyl (C=O) groups excluding carboxylic acids is 1. The summed E-state index contributed by atoms with van der Waals surface area (Å²) in [5, 5.41) is 3.10. The predicted molar refractivity (Wildman–Crippen MR) is 51.8 cm³/mol. The lowest BCUT2D eigenvalue weighted by Gasteiger charge is -2.32. The van der Waals surface area contributed by atoms with Crippen LogP contribution in [0.3, 0.4) is 0 Å². The van der Waals surface area contributed by atoms with Gasteiger partial charge in [-0.15, -0.1) is 0 Å². The number of carbonyl (C=O) groups is 1. The van der Waals surface area contributed by atoms with E-state index >= 15 is 0 Å². The van der Waals surface area contributed by atoms with Gasteiger partial charge in [0.25, 0.3) is 0 Å². The Morgan fingerprint density at radius 2 is 1.93 bits per heavy atom. The molecule has 0 heterocycles. The molecule has 14 heavy (non-hydrogen) atoms. The molecule has 0 spiro atoms. The van der Waals surface area contributed by atoms with E-state index < -0.39 is 0 Å². The molecule has 0 aromatic heterocycles. The van der Waals surface area contributed by atoms with E-state index in [-0.39, 0.29) is 17.0 Å². The fourth-order valence-electron chi connectivity index (χ4n) is 4.40. The van der Waals surface area contributed by atoms with E-state index in [2.05, 4.69) is 19.2 Å². The molecule has 78 valence electrons.